The van der Waals surface area contributed by atoms with Crippen LogP contribution in [0.5, 0.6) is 5.75 Å². The average Bonchev–Trinajstić information content (AvgIpc) is 3.40. The summed E-state index contributed by atoms with van der Waals surface area (Å²) in [6.45, 7) is 1.41. The highest BCUT2D eigenvalue weighted by Crippen LogP contribution is 2.58. The maximum absolute atomic E-state index is 14.4. The van der Waals surface area contributed by atoms with E-state index in [1.807, 2.05) is 29.2 Å². The topological polar surface area (TPSA) is 119 Å². The molecule has 9 heteroatoms. The highest BCUT2D eigenvalue weighted by Gasteiger charge is 2.69. The number of hydrogen-bond donors (Lipinski definition) is 1. The Kier molecular flexibility index (Phi) is 5.20. The van der Waals surface area contributed by atoms with Gasteiger partial charge in [0.25, 0.3) is 5.69 Å². The van der Waals surface area contributed by atoms with Gasteiger partial charge in [0.05, 0.1) is 30.0 Å². The first kappa shape index (κ1) is 23.6. The van der Waals surface area contributed by atoms with E-state index in [2.05, 4.69) is 5.32 Å². The van der Waals surface area contributed by atoms with Crippen molar-refractivity contribution < 1.29 is 24.0 Å². The standard InChI is InChI=1S/C29H23N3O6/c1-16(33)26-25(27(34)18-6-5-7-19(14-18)32(36)37)29(21-8-3-4-9-22(21)30-28(29)35)24-13-10-17-15-20(38-2)11-12-23(17)31(24)26/h3-15,24-26H,1-2H3,(H,30,35)/t24-,25-,26+,29-/m0/s1. The molecule has 0 radical (unpaired) electrons. The first-order chi connectivity index (χ1) is 18.3. The van der Waals surface area contributed by atoms with Crippen molar-refractivity contribution in [2.75, 3.05) is 17.3 Å². The molecule has 1 fully saturated rings. The minimum atomic E-state index is -1.44. The predicted octanol–water partition coefficient (Wildman–Crippen LogP) is 4.17. The van der Waals surface area contributed by atoms with Crippen molar-refractivity contribution >= 4 is 40.6 Å². The van der Waals surface area contributed by atoms with Crippen LogP contribution in [0.15, 0.2) is 72.8 Å². The molecule has 1 N–H and O–H groups in total. The first-order valence-electron chi connectivity index (χ1n) is 12.1. The minimum absolute atomic E-state index is 0.0748. The van der Waals surface area contributed by atoms with E-state index in [1.54, 1.807) is 37.4 Å². The number of nitro benzene ring substituents is 1. The Labute approximate surface area is 217 Å². The van der Waals surface area contributed by atoms with Gasteiger partial charge < -0.3 is 15.0 Å². The van der Waals surface area contributed by atoms with E-state index in [0.29, 0.717) is 22.7 Å². The van der Waals surface area contributed by atoms with Crippen LogP contribution in [0.4, 0.5) is 17.1 Å². The van der Waals surface area contributed by atoms with Crippen LogP contribution in [-0.2, 0) is 15.0 Å². The molecule has 38 heavy (non-hydrogen) atoms. The molecule has 1 spiro atoms. The summed E-state index contributed by atoms with van der Waals surface area (Å²) in [7, 11) is 1.56. The van der Waals surface area contributed by atoms with Gasteiger partial charge in [0.2, 0.25) is 5.91 Å². The lowest BCUT2D eigenvalue weighted by Crippen LogP contribution is -2.51. The minimum Gasteiger partial charge on any atom is -0.497 e. The monoisotopic (exact) mass is 509 g/mol. The molecule has 0 bridgehead atoms. The average molecular weight is 510 g/mol. The fourth-order valence-electron chi connectivity index (χ4n) is 6.39. The number of rotatable bonds is 5. The molecule has 3 heterocycles. The smallest absolute Gasteiger partial charge is 0.270 e. The highest BCUT2D eigenvalue weighted by molar-refractivity contribution is 6.16. The lowest BCUT2D eigenvalue weighted by molar-refractivity contribution is -0.384. The molecule has 190 valence electrons. The number of carbonyl (C=O) groups is 3. The van der Waals surface area contributed by atoms with Crippen LogP contribution in [-0.4, -0.2) is 41.6 Å². The van der Waals surface area contributed by atoms with Gasteiger partial charge in [0.1, 0.15) is 11.2 Å². The number of nitro groups is 1. The molecule has 0 aliphatic carbocycles. The second-order valence-corrected chi connectivity index (χ2v) is 9.71. The van der Waals surface area contributed by atoms with Crippen molar-refractivity contribution in [2.45, 2.75) is 24.4 Å². The van der Waals surface area contributed by atoms with E-state index < -0.39 is 34.1 Å². The van der Waals surface area contributed by atoms with E-state index in [0.717, 1.165) is 5.56 Å². The zero-order valence-corrected chi connectivity index (χ0v) is 20.6. The molecule has 0 saturated carbocycles. The number of hydrogen-bond acceptors (Lipinski definition) is 7. The van der Waals surface area contributed by atoms with Crippen LogP contribution in [0.2, 0.25) is 0 Å². The van der Waals surface area contributed by atoms with Gasteiger partial charge in [-0.3, -0.25) is 24.5 Å². The van der Waals surface area contributed by atoms with Crippen LogP contribution in [0.25, 0.3) is 6.08 Å². The van der Waals surface area contributed by atoms with E-state index in [9.17, 15) is 24.5 Å². The Hall–Kier alpha value is -4.79. The number of benzene rings is 3. The number of nitrogens with one attached hydrogen (secondary N) is 1. The quantitative estimate of drug-likeness (QED) is 0.312. The normalized spacial score (nSPS) is 24.4. The van der Waals surface area contributed by atoms with Gasteiger partial charge >= 0.3 is 0 Å². The Morgan fingerprint density at radius 2 is 1.87 bits per heavy atom. The third-order valence-electron chi connectivity index (χ3n) is 7.88. The predicted molar refractivity (Wildman–Crippen MR) is 140 cm³/mol. The lowest BCUT2D eigenvalue weighted by atomic mass is 9.64. The number of para-hydroxylation sites is 1. The van der Waals surface area contributed by atoms with E-state index >= 15 is 0 Å². The number of ether oxygens (including phenoxy) is 1. The van der Waals surface area contributed by atoms with E-state index in [4.69, 9.17) is 4.74 Å². The number of carbonyl (C=O) groups excluding carboxylic acids is 3. The zero-order chi connectivity index (χ0) is 26.8. The molecule has 1 saturated heterocycles. The second-order valence-electron chi connectivity index (χ2n) is 9.71. The molecule has 3 aliphatic rings. The Balaban J connectivity index is 1.63. The molecular weight excluding hydrogens is 486 g/mol. The van der Waals surface area contributed by atoms with Gasteiger partial charge in [0.15, 0.2) is 11.6 Å². The Bertz CT molecular complexity index is 1580. The second kappa shape index (κ2) is 8.37. The molecule has 0 unspecified atom stereocenters. The molecular formula is C29H23N3O6. The number of ketones is 2. The number of Topliss-reactive ketones (excluding diaryl/α,β-unsaturated/α-hetero) is 2. The number of methoxy groups -OCH3 is 1. The Morgan fingerprint density at radius 3 is 2.61 bits per heavy atom. The molecule has 3 aromatic rings. The third-order valence-corrected chi connectivity index (χ3v) is 7.88. The summed E-state index contributed by atoms with van der Waals surface area (Å²) in [5.41, 5.74) is 1.07. The van der Waals surface area contributed by atoms with Crippen LogP contribution >= 0.6 is 0 Å². The van der Waals surface area contributed by atoms with Crippen molar-refractivity contribution in [1.82, 2.24) is 0 Å². The van der Waals surface area contributed by atoms with Crippen LogP contribution in [0, 0.1) is 16.0 Å². The summed E-state index contributed by atoms with van der Waals surface area (Å²) in [5, 5.41) is 14.4. The Morgan fingerprint density at radius 1 is 1.08 bits per heavy atom. The van der Waals surface area contributed by atoms with Crippen LogP contribution in [0.1, 0.15) is 28.4 Å². The molecule has 3 aromatic carbocycles. The lowest BCUT2D eigenvalue weighted by Gasteiger charge is -2.37. The third kappa shape index (κ3) is 3.08. The molecule has 1 amide bonds. The summed E-state index contributed by atoms with van der Waals surface area (Å²) in [5.74, 6) is -1.69. The molecule has 4 atom stereocenters. The highest BCUT2D eigenvalue weighted by atomic mass is 16.6. The number of fused-ring (bicyclic) bond motifs is 6. The van der Waals surface area contributed by atoms with Crippen molar-refractivity contribution in [3.8, 4) is 5.75 Å². The van der Waals surface area contributed by atoms with Crippen molar-refractivity contribution in [1.29, 1.82) is 0 Å². The van der Waals surface area contributed by atoms with Crippen molar-refractivity contribution in [3.63, 3.8) is 0 Å². The fraction of sp³-hybridized carbons (Fsp3) is 0.207. The van der Waals surface area contributed by atoms with Gasteiger partial charge in [-0.15, -0.1) is 0 Å². The van der Waals surface area contributed by atoms with E-state index in [1.165, 1.54) is 31.2 Å². The molecule has 0 aromatic heterocycles. The number of anilines is 2. The number of non-ortho nitro benzene ring substituents is 1. The molecule has 3 aliphatic heterocycles. The first-order valence-corrected chi connectivity index (χ1v) is 12.1. The van der Waals surface area contributed by atoms with Crippen molar-refractivity contribution in [2.24, 2.45) is 5.92 Å². The molecule has 9 nitrogen and oxygen atoms in total. The van der Waals surface area contributed by atoms with Gasteiger partial charge in [0, 0.05) is 34.6 Å². The number of amides is 1. The summed E-state index contributed by atoms with van der Waals surface area (Å²) in [6.07, 6.45) is 3.74. The van der Waals surface area contributed by atoms with Crippen LogP contribution < -0.4 is 15.0 Å². The summed E-state index contributed by atoms with van der Waals surface area (Å²) < 4.78 is 5.38. The maximum Gasteiger partial charge on any atom is 0.270 e. The van der Waals surface area contributed by atoms with Gasteiger partial charge in [-0.25, -0.2) is 0 Å². The van der Waals surface area contributed by atoms with Gasteiger partial charge in [-0.05, 0) is 36.8 Å². The largest absolute Gasteiger partial charge is 0.497 e. The van der Waals surface area contributed by atoms with Gasteiger partial charge in [-0.1, -0.05) is 42.5 Å². The summed E-state index contributed by atoms with van der Waals surface area (Å²) in [6, 6.07) is 16.4. The van der Waals surface area contributed by atoms with Crippen molar-refractivity contribution in [3.05, 3.63) is 99.6 Å². The molecule has 6 rings (SSSR count). The maximum atomic E-state index is 14.4. The van der Waals surface area contributed by atoms with E-state index in [-0.39, 0.29) is 22.9 Å². The summed E-state index contributed by atoms with van der Waals surface area (Å²) >= 11 is 0. The fourth-order valence-corrected chi connectivity index (χ4v) is 6.39. The SMILES string of the molecule is COc1ccc2c(c1)C=C[C@@H]1N2[C@H](C(C)=O)[C@@H](C(=O)c2cccc([N+](=O)[O-])c2)[C@@]12C(=O)Nc1ccccc12. The van der Waals surface area contributed by atoms with Gasteiger partial charge in [-0.2, -0.15) is 0 Å². The van der Waals surface area contributed by atoms with Crippen LogP contribution in [0.3, 0.4) is 0 Å². The summed E-state index contributed by atoms with van der Waals surface area (Å²) in [4.78, 5) is 54.6. The zero-order valence-electron chi connectivity index (χ0n) is 20.6. The number of nitrogens with zero attached hydrogens (tertiary/aromatic N) is 2.